The van der Waals surface area contributed by atoms with Crippen molar-refractivity contribution in [2.75, 3.05) is 14.1 Å². The number of hydrogen-bond donors (Lipinski definition) is 0. The molecule has 3 rings (SSSR count). The maximum atomic E-state index is 12.5. The fraction of sp³-hybridized carbons (Fsp3) is 0.158. The van der Waals surface area contributed by atoms with E-state index >= 15 is 0 Å². The van der Waals surface area contributed by atoms with E-state index in [1.807, 2.05) is 42.5 Å². The number of amides is 1. The average molecular weight is 340 g/mol. The lowest BCUT2D eigenvalue weighted by Gasteiger charge is -2.09. The lowest BCUT2D eigenvalue weighted by atomic mass is 10.1. The van der Waals surface area contributed by atoms with Crippen LogP contribution in [0.25, 0.3) is 11.3 Å². The molecular formula is C19H18ClN3O. The maximum Gasteiger partial charge on any atom is 0.257 e. The second-order valence-corrected chi connectivity index (χ2v) is 6.22. The van der Waals surface area contributed by atoms with Gasteiger partial charge in [-0.05, 0) is 17.7 Å². The molecule has 0 saturated heterocycles. The van der Waals surface area contributed by atoms with Crippen LogP contribution >= 0.6 is 11.6 Å². The molecule has 122 valence electrons. The Balaban J connectivity index is 2.02. The standard InChI is InChI=1S/C19H18ClN3O/c1-22(2)19(24)17-13-23(12-14-6-4-3-5-7-14)21-18(17)15-8-10-16(20)11-9-15/h3-11,13H,12H2,1-2H3. The van der Waals surface area contributed by atoms with Crippen molar-refractivity contribution in [2.45, 2.75) is 6.54 Å². The van der Waals surface area contributed by atoms with Crippen LogP contribution in [0.1, 0.15) is 15.9 Å². The summed E-state index contributed by atoms with van der Waals surface area (Å²) in [6.45, 7) is 0.613. The number of rotatable bonds is 4. The summed E-state index contributed by atoms with van der Waals surface area (Å²) in [5.41, 5.74) is 3.25. The fourth-order valence-electron chi connectivity index (χ4n) is 2.49. The fourth-order valence-corrected chi connectivity index (χ4v) is 2.62. The number of nitrogens with zero attached hydrogens (tertiary/aromatic N) is 3. The Bertz CT molecular complexity index is 839. The summed E-state index contributed by atoms with van der Waals surface area (Å²) in [5, 5.41) is 5.29. The average Bonchev–Trinajstić information content (AvgIpc) is 2.99. The molecule has 0 fully saturated rings. The van der Waals surface area contributed by atoms with E-state index in [0.717, 1.165) is 11.1 Å². The second kappa shape index (κ2) is 6.89. The maximum absolute atomic E-state index is 12.5. The van der Waals surface area contributed by atoms with Gasteiger partial charge in [-0.2, -0.15) is 5.10 Å². The molecule has 0 atom stereocenters. The van der Waals surface area contributed by atoms with Gasteiger partial charge in [0.15, 0.2) is 0 Å². The van der Waals surface area contributed by atoms with Crippen LogP contribution in [0.2, 0.25) is 5.02 Å². The number of aromatic nitrogens is 2. The van der Waals surface area contributed by atoms with Crippen molar-refractivity contribution in [1.82, 2.24) is 14.7 Å². The molecule has 0 aliphatic rings. The summed E-state index contributed by atoms with van der Waals surface area (Å²) in [6.07, 6.45) is 1.80. The monoisotopic (exact) mass is 339 g/mol. The lowest BCUT2D eigenvalue weighted by molar-refractivity contribution is 0.0828. The number of carbonyl (C=O) groups is 1. The summed E-state index contributed by atoms with van der Waals surface area (Å²) in [5.74, 6) is -0.0701. The Morgan fingerprint density at radius 3 is 2.38 bits per heavy atom. The van der Waals surface area contributed by atoms with E-state index in [4.69, 9.17) is 11.6 Å². The van der Waals surface area contributed by atoms with Crippen LogP contribution in [-0.4, -0.2) is 34.7 Å². The van der Waals surface area contributed by atoms with Crippen LogP contribution in [-0.2, 0) is 6.54 Å². The third kappa shape index (κ3) is 3.49. The van der Waals surface area contributed by atoms with Gasteiger partial charge in [0.1, 0.15) is 5.69 Å². The molecule has 4 nitrogen and oxygen atoms in total. The number of carbonyl (C=O) groups excluding carboxylic acids is 1. The third-order valence-electron chi connectivity index (χ3n) is 3.70. The lowest BCUT2D eigenvalue weighted by Crippen LogP contribution is -2.21. The van der Waals surface area contributed by atoms with Gasteiger partial charge in [0.05, 0.1) is 12.1 Å². The van der Waals surface area contributed by atoms with Crippen LogP contribution in [0.3, 0.4) is 0 Å². The highest BCUT2D eigenvalue weighted by atomic mass is 35.5. The zero-order chi connectivity index (χ0) is 17.1. The molecule has 0 N–H and O–H groups in total. The summed E-state index contributed by atoms with van der Waals surface area (Å²) in [6, 6.07) is 17.4. The molecule has 0 spiro atoms. The summed E-state index contributed by atoms with van der Waals surface area (Å²) >= 11 is 5.96. The molecule has 0 radical (unpaired) electrons. The van der Waals surface area contributed by atoms with E-state index in [1.54, 1.807) is 42.0 Å². The predicted octanol–water partition coefficient (Wildman–Crippen LogP) is 3.95. The third-order valence-corrected chi connectivity index (χ3v) is 3.96. The zero-order valence-corrected chi connectivity index (χ0v) is 14.4. The molecule has 1 heterocycles. The van der Waals surface area contributed by atoms with Crippen LogP contribution < -0.4 is 0 Å². The Labute approximate surface area is 146 Å². The quantitative estimate of drug-likeness (QED) is 0.721. The highest BCUT2D eigenvalue weighted by molar-refractivity contribution is 6.30. The Kier molecular flexibility index (Phi) is 4.67. The molecule has 1 aromatic heterocycles. The SMILES string of the molecule is CN(C)C(=O)c1cn(Cc2ccccc2)nc1-c1ccc(Cl)cc1. The summed E-state index contributed by atoms with van der Waals surface area (Å²) in [7, 11) is 3.48. The first kappa shape index (κ1) is 16.3. The first-order valence-corrected chi connectivity index (χ1v) is 8.01. The van der Waals surface area contributed by atoms with E-state index in [-0.39, 0.29) is 5.91 Å². The molecule has 0 saturated carbocycles. The van der Waals surface area contributed by atoms with Crippen molar-refractivity contribution < 1.29 is 4.79 Å². The van der Waals surface area contributed by atoms with Crippen molar-refractivity contribution in [3.8, 4) is 11.3 Å². The first-order chi connectivity index (χ1) is 11.5. The molecule has 0 unspecified atom stereocenters. The molecule has 3 aromatic rings. The van der Waals surface area contributed by atoms with Gasteiger partial charge in [0.2, 0.25) is 0 Å². The molecule has 0 aliphatic heterocycles. The minimum Gasteiger partial charge on any atom is -0.345 e. The Hall–Kier alpha value is -2.59. The van der Waals surface area contributed by atoms with Crippen LogP contribution in [0.5, 0.6) is 0 Å². The predicted molar refractivity (Wildman–Crippen MR) is 96.2 cm³/mol. The smallest absolute Gasteiger partial charge is 0.257 e. The van der Waals surface area contributed by atoms with Gasteiger partial charge in [0, 0.05) is 30.9 Å². The van der Waals surface area contributed by atoms with Crippen molar-refractivity contribution in [2.24, 2.45) is 0 Å². The first-order valence-electron chi connectivity index (χ1n) is 7.63. The van der Waals surface area contributed by atoms with E-state index in [9.17, 15) is 4.79 Å². The van der Waals surface area contributed by atoms with Crippen LogP contribution in [0.4, 0.5) is 0 Å². The molecular weight excluding hydrogens is 322 g/mol. The Morgan fingerprint density at radius 1 is 1.08 bits per heavy atom. The molecule has 2 aromatic carbocycles. The van der Waals surface area contributed by atoms with Crippen molar-refractivity contribution in [3.05, 3.63) is 76.9 Å². The van der Waals surface area contributed by atoms with E-state index < -0.39 is 0 Å². The topological polar surface area (TPSA) is 38.1 Å². The van der Waals surface area contributed by atoms with Crippen molar-refractivity contribution in [1.29, 1.82) is 0 Å². The zero-order valence-electron chi connectivity index (χ0n) is 13.6. The highest BCUT2D eigenvalue weighted by Crippen LogP contribution is 2.25. The van der Waals surface area contributed by atoms with Gasteiger partial charge in [-0.25, -0.2) is 0 Å². The minimum absolute atomic E-state index is 0.0701. The Morgan fingerprint density at radius 2 is 1.75 bits per heavy atom. The van der Waals surface area contributed by atoms with Gasteiger partial charge in [-0.15, -0.1) is 0 Å². The van der Waals surface area contributed by atoms with E-state index in [1.165, 1.54) is 0 Å². The van der Waals surface area contributed by atoms with Crippen molar-refractivity contribution in [3.63, 3.8) is 0 Å². The van der Waals surface area contributed by atoms with Gasteiger partial charge < -0.3 is 4.90 Å². The van der Waals surface area contributed by atoms with E-state index in [2.05, 4.69) is 5.10 Å². The summed E-state index contributed by atoms with van der Waals surface area (Å²) < 4.78 is 1.80. The van der Waals surface area contributed by atoms with Crippen LogP contribution in [0.15, 0.2) is 60.8 Å². The van der Waals surface area contributed by atoms with E-state index in [0.29, 0.717) is 22.8 Å². The molecule has 5 heteroatoms. The van der Waals surface area contributed by atoms with Gasteiger partial charge in [-0.3, -0.25) is 9.48 Å². The normalized spacial score (nSPS) is 10.6. The molecule has 0 bridgehead atoms. The molecule has 24 heavy (non-hydrogen) atoms. The molecule has 0 aliphatic carbocycles. The van der Waals surface area contributed by atoms with Crippen LogP contribution in [0, 0.1) is 0 Å². The highest BCUT2D eigenvalue weighted by Gasteiger charge is 2.19. The number of halogens is 1. The largest absolute Gasteiger partial charge is 0.345 e. The summed E-state index contributed by atoms with van der Waals surface area (Å²) in [4.78, 5) is 14.1. The number of hydrogen-bond acceptors (Lipinski definition) is 2. The molecule has 1 amide bonds. The van der Waals surface area contributed by atoms with Gasteiger partial charge in [-0.1, -0.05) is 54.1 Å². The number of benzene rings is 2. The second-order valence-electron chi connectivity index (χ2n) is 5.78. The van der Waals surface area contributed by atoms with Crippen molar-refractivity contribution >= 4 is 17.5 Å². The van der Waals surface area contributed by atoms with Gasteiger partial charge in [0.25, 0.3) is 5.91 Å². The van der Waals surface area contributed by atoms with Gasteiger partial charge >= 0.3 is 0 Å². The minimum atomic E-state index is -0.0701.